The molecule has 0 unspecified atom stereocenters. The van der Waals surface area contributed by atoms with E-state index in [0.717, 1.165) is 6.07 Å². The second kappa shape index (κ2) is 5.87. The quantitative estimate of drug-likeness (QED) is 0.862. The molecule has 1 N–H and O–H groups in total. The molecule has 110 valence electrons. The Hall–Kier alpha value is -2.50. The Balaban J connectivity index is 2.22. The molecule has 0 radical (unpaired) electrons. The number of hydrogen-bond donors (Lipinski definition) is 1. The number of Topliss-reactive ketones (excluding diaryl/α,β-unsaturated/α-hetero) is 1. The van der Waals surface area contributed by atoms with E-state index >= 15 is 0 Å². The average Bonchev–Trinajstić information content (AvgIpc) is 2.79. The summed E-state index contributed by atoms with van der Waals surface area (Å²) in [5.74, 6) is -2.76. The summed E-state index contributed by atoms with van der Waals surface area (Å²) in [4.78, 5) is 22.4. The minimum absolute atomic E-state index is 0.0305. The molecule has 4 nitrogen and oxygen atoms in total. The van der Waals surface area contributed by atoms with Gasteiger partial charge < -0.3 is 9.67 Å². The first kappa shape index (κ1) is 14.9. The lowest BCUT2D eigenvalue weighted by atomic mass is 10.1. The van der Waals surface area contributed by atoms with Gasteiger partial charge >= 0.3 is 5.97 Å². The Morgan fingerprint density at radius 3 is 2.29 bits per heavy atom. The standard InChI is InChI=1S/C15H13F2NO3/c1-9(19)11-6-14(15(20)21)18(8-11)3-2-10-4-12(16)7-13(17)5-10/h4-8H,2-3H2,1H3,(H,20,21). The van der Waals surface area contributed by atoms with E-state index < -0.39 is 17.6 Å². The molecule has 0 aliphatic rings. The molecular formula is C15H13F2NO3. The molecule has 0 saturated carbocycles. The van der Waals surface area contributed by atoms with E-state index in [9.17, 15) is 18.4 Å². The van der Waals surface area contributed by atoms with Gasteiger partial charge in [-0.3, -0.25) is 4.79 Å². The third kappa shape index (κ3) is 3.53. The molecule has 2 rings (SSSR count). The third-order valence-corrected chi connectivity index (χ3v) is 3.09. The Bertz CT molecular complexity index is 687. The molecule has 2 aromatic rings. The van der Waals surface area contributed by atoms with Crippen LogP contribution in [0.1, 0.15) is 33.3 Å². The highest BCUT2D eigenvalue weighted by atomic mass is 19.1. The maximum atomic E-state index is 13.1. The molecule has 1 aromatic heterocycles. The highest BCUT2D eigenvalue weighted by Crippen LogP contribution is 2.13. The number of aryl methyl sites for hydroxylation is 2. The van der Waals surface area contributed by atoms with Crippen LogP contribution in [-0.2, 0) is 13.0 Å². The summed E-state index contributed by atoms with van der Waals surface area (Å²) in [7, 11) is 0. The highest BCUT2D eigenvalue weighted by molar-refractivity contribution is 5.97. The lowest BCUT2D eigenvalue weighted by molar-refractivity contribution is 0.0685. The maximum absolute atomic E-state index is 13.1. The molecule has 0 aliphatic carbocycles. The average molecular weight is 293 g/mol. The summed E-state index contributed by atoms with van der Waals surface area (Å²) in [5, 5.41) is 9.09. The van der Waals surface area contributed by atoms with E-state index in [1.54, 1.807) is 0 Å². The van der Waals surface area contributed by atoms with Crippen LogP contribution in [0.2, 0.25) is 0 Å². The number of rotatable bonds is 5. The summed E-state index contributed by atoms with van der Waals surface area (Å²) in [6, 6.07) is 4.45. The normalized spacial score (nSPS) is 10.6. The number of benzene rings is 1. The number of nitrogens with zero attached hydrogens (tertiary/aromatic N) is 1. The van der Waals surface area contributed by atoms with Gasteiger partial charge in [0.25, 0.3) is 0 Å². The van der Waals surface area contributed by atoms with Crippen LogP contribution in [0, 0.1) is 11.6 Å². The first-order chi connectivity index (χ1) is 9.86. The van der Waals surface area contributed by atoms with Gasteiger partial charge in [-0.05, 0) is 37.1 Å². The lowest BCUT2D eigenvalue weighted by Gasteiger charge is -2.06. The van der Waals surface area contributed by atoms with Crippen molar-refractivity contribution in [2.24, 2.45) is 0 Å². The van der Waals surface area contributed by atoms with Crippen molar-refractivity contribution >= 4 is 11.8 Å². The summed E-state index contributed by atoms with van der Waals surface area (Å²) < 4.78 is 27.6. The number of aromatic carboxylic acids is 1. The van der Waals surface area contributed by atoms with Crippen molar-refractivity contribution in [2.45, 2.75) is 19.9 Å². The van der Waals surface area contributed by atoms with Gasteiger partial charge in [0, 0.05) is 24.4 Å². The first-order valence-electron chi connectivity index (χ1n) is 6.26. The van der Waals surface area contributed by atoms with Crippen LogP contribution in [0.5, 0.6) is 0 Å². The van der Waals surface area contributed by atoms with E-state index in [1.165, 1.54) is 35.9 Å². The first-order valence-corrected chi connectivity index (χ1v) is 6.26. The molecule has 0 spiro atoms. The smallest absolute Gasteiger partial charge is 0.352 e. The van der Waals surface area contributed by atoms with Crippen molar-refractivity contribution in [3.8, 4) is 0 Å². The lowest BCUT2D eigenvalue weighted by Crippen LogP contribution is -2.09. The van der Waals surface area contributed by atoms with Crippen molar-refractivity contribution in [2.75, 3.05) is 0 Å². The number of aromatic nitrogens is 1. The molecule has 0 fully saturated rings. The number of halogens is 2. The van der Waals surface area contributed by atoms with Crippen LogP contribution in [-0.4, -0.2) is 21.4 Å². The van der Waals surface area contributed by atoms with Crippen LogP contribution < -0.4 is 0 Å². The number of carboxylic acid groups (broad SMARTS) is 1. The Kier molecular flexibility index (Phi) is 4.16. The Morgan fingerprint density at radius 2 is 1.76 bits per heavy atom. The summed E-state index contributed by atoms with van der Waals surface area (Å²) in [6.07, 6.45) is 1.68. The monoisotopic (exact) mass is 293 g/mol. The van der Waals surface area contributed by atoms with Crippen LogP contribution in [0.3, 0.4) is 0 Å². The Labute approximate surface area is 119 Å². The number of carbonyl (C=O) groups excluding carboxylic acids is 1. The van der Waals surface area contributed by atoms with Gasteiger partial charge in [0.15, 0.2) is 5.78 Å². The number of carboxylic acids is 1. The molecule has 0 atom stereocenters. The zero-order valence-corrected chi connectivity index (χ0v) is 11.3. The molecule has 0 aliphatic heterocycles. The van der Waals surface area contributed by atoms with Crippen molar-refractivity contribution in [3.63, 3.8) is 0 Å². The second-order valence-electron chi connectivity index (χ2n) is 4.70. The van der Waals surface area contributed by atoms with Crippen LogP contribution >= 0.6 is 0 Å². The topological polar surface area (TPSA) is 59.3 Å². The number of carbonyl (C=O) groups is 2. The summed E-state index contributed by atoms with van der Waals surface area (Å²) in [5.41, 5.74) is 0.678. The van der Waals surface area contributed by atoms with Gasteiger partial charge in [0.2, 0.25) is 0 Å². The van der Waals surface area contributed by atoms with Crippen molar-refractivity contribution in [3.05, 3.63) is 58.9 Å². The fourth-order valence-corrected chi connectivity index (χ4v) is 2.07. The number of hydrogen-bond acceptors (Lipinski definition) is 2. The molecule has 0 amide bonds. The van der Waals surface area contributed by atoms with Gasteiger partial charge in [0.1, 0.15) is 17.3 Å². The van der Waals surface area contributed by atoms with E-state index in [2.05, 4.69) is 0 Å². The maximum Gasteiger partial charge on any atom is 0.352 e. The van der Waals surface area contributed by atoms with E-state index in [-0.39, 0.29) is 30.0 Å². The highest BCUT2D eigenvalue weighted by Gasteiger charge is 2.14. The zero-order chi connectivity index (χ0) is 15.6. The predicted octanol–water partition coefficient (Wildman–Crippen LogP) is 2.91. The zero-order valence-electron chi connectivity index (χ0n) is 11.3. The van der Waals surface area contributed by atoms with Crippen LogP contribution in [0.25, 0.3) is 0 Å². The number of ketones is 1. The van der Waals surface area contributed by atoms with Gasteiger partial charge in [-0.25, -0.2) is 13.6 Å². The minimum atomic E-state index is -1.16. The molecule has 0 saturated heterocycles. The predicted molar refractivity (Wildman–Crippen MR) is 71.5 cm³/mol. The SMILES string of the molecule is CC(=O)c1cc(C(=O)O)n(CCc2cc(F)cc(F)c2)c1. The van der Waals surface area contributed by atoms with E-state index in [0.29, 0.717) is 5.56 Å². The molecule has 1 heterocycles. The fraction of sp³-hybridized carbons (Fsp3) is 0.200. The molecule has 1 aromatic carbocycles. The second-order valence-corrected chi connectivity index (χ2v) is 4.70. The van der Waals surface area contributed by atoms with Crippen molar-refractivity contribution in [1.82, 2.24) is 4.57 Å². The van der Waals surface area contributed by atoms with Gasteiger partial charge in [-0.2, -0.15) is 0 Å². The van der Waals surface area contributed by atoms with Crippen LogP contribution in [0.15, 0.2) is 30.5 Å². The Morgan fingerprint density at radius 1 is 1.14 bits per heavy atom. The van der Waals surface area contributed by atoms with Gasteiger partial charge in [0.05, 0.1) is 0 Å². The minimum Gasteiger partial charge on any atom is -0.477 e. The van der Waals surface area contributed by atoms with Crippen molar-refractivity contribution in [1.29, 1.82) is 0 Å². The fourth-order valence-electron chi connectivity index (χ4n) is 2.07. The largest absolute Gasteiger partial charge is 0.477 e. The van der Waals surface area contributed by atoms with Crippen LogP contribution in [0.4, 0.5) is 8.78 Å². The molecular weight excluding hydrogens is 280 g/mol. The third-order valence-electron chi connectivity index (χ3n) is 3.09. The van der Waals surface area contributed by atoms with Gasteiger partial charge in [-0.1, -0.05) is 0 Å². The molecule has 21 heavy (non-hydrogen) atoms. The van der Waals surface area contributed by atoms with E-state index in [4.69, 9.17) is 5.11 Å². The van der Waals surface area contributed by atoms with E-state index in [1.807, 2.05) is 0 Å². The van der Waals surface area contributed by atoms with Gasteiger partial charge in [-0.15, -0.1) is 0 Å². The summed E-state index contributed by atoms with van der Waals surface area (Å²) in [6.45, 7) is 1.55. The molecule has 0 bridgehead atoms. The summed E-state index contributed by atoms with van der Waals surface area (Å²) >= 11 is 0. The van der Waals surface area contributed by atoms with Crippen molar-refractivity contribution < 1.29 is 23.5 Å². The molecule has 6 heteroatoms.